The monoisotopic (exact) mass is 355 g/mol. The van der Waals surface area contributed by atoms with Crippen molar-refractivity contribution in [2.45, 2.75) is 30.7 Å². The van der Waals surface area contributed by atoms with Crippen LogP contribution in [0.4, 0.5) is 0 Å². The molecular weight excluding hydrogens is 334 g/mol. The number of hydrogen-bond acceptors (Lipinski definition) is 4. The molecule has 2 aromatic rings. The third-order valence-electron chi connectivity index (χ3n) is 4.08. The standard InChI is InChI=1S/C16H21N3O2S.ClH/c1-2-11-19(13-8-10-17-12-13)22(20,21)16-7-3-6-15-14(16)5-4-9-18-15;/h3-7,9,13,17H,2,8,10-12H2,1H3;1H. The van der Waals surface area contributed by atoms with Crippen LogP contribution in [0.5, 0.6) is 0 Å². The summed E-state index contributed by atoms with van der Waals surface area (Å²) in [5, 5.41) is 3.95. The van der Waals surface area contributed by atoms with Crippen molar-refractivity contribution in [1.29, 1.82) is 0 Å². The normalized spacial score (nSPS) is 18.3. The van der Waals surface area contributed by atoms with E-state index >= 15 is 0 Å². The van der Waals surface area contributed by atoms with E-state index in [0.29, 0.717) is 22.3 Å². The van der Waals surface area contributed by atoms with Gasteiger partial charge in [-0.15, -0.1) is 12.4 Å². The summed E-state index contributed by atoms with van der Waals surface area (Å²) in [7, 11) is -3.52. The number of fused-ring (bicyclic) bond motifs is 1. The summed E-state index contributed by atoms with van der Waals surface area (Å²) in [6.45, 7) is 4.15. The molecule has 1 saturated heterocycles. The fourth-order valence-electron chi connectivity index (χ4n) is 3.03. The molecule has 0 spiro atoms. The van der Waals surface area contributed by atoms with Crippen LogP contribution >= 0.6 is 12.4 Å². The number of nitrogens with one attached hydrogen (secondary N) is 1. The Morgan fingerprint density at radius 1 is 1.30 bits per heavy atom. The van der Waals surface area contributed by atoms with Gasteiger partial charge in [0.05, 0.1) is 10.4 Å². The number of halogens is 1. The smallest absolute Gasteiger partial charge is 0.244 e. The first-order chi connectivity index (χ1) is 10.6. The molecule has 2 heterocycles. The molecule has 1 unspecified atom stereocenters. The Bertz CT molecular complexity index is 756. The van der Waals surface area contributed by atoms with Gasteiger partial charge < -0.3 is 5.32 Å². The number of sulfonamides is 1. The molecule has 1 atom stereocenters. The lowest BCUT2D eigenvalue weighted by Crippen LogP contribution is -2.42. The van der Waals surface area contributed by atoms with Crippen LogP contribution in [-0.4, -0.2) is 43.4 Å². The molecule has 0 radical (unpaired) electrons. The summed E-state index contributed by atoms with van der Waals surface area (Å²) < 4.78 is 28.0. The highest BCUT2D eigenvalue weighted by Gasteiger charge is 2.33. The highest BCUT2D eigenvalue weighted by molar-refractivity contribution is 7.89. The molecule has 7 heteroatoms. The van der Waals surface area contributed by atoms with Crippen LogP contribution < -0.4 is 5.32 Å². The minimum Gasteiger partial charge on any atom is -0.315 e. The Morgan fingerprint density at radius 3 is 2.83 bits per heavy atom. The molecule has 1 aromatic heterocycles. The number of nitrogens with zero attached hydrogens (tertiary/aromatic N) is 2. The average molecular weight is 356 g/mol. The molecule has 0 aliphatic carbocycles. The maximum atomic E-state index is 13.2. The van der Waals surface area contributed by atoms with Crippen molar-refractivity contribution in [3.05, 3.63) is 36.5 Å². The van der Waals surface area contributed by atoms with Crippen LogP contribution in [0.25, 0.3) is 10.9 Å². The van der Waals surface area contributed by atoms with Crippen molar-refractivity contribution in [2.24, 2.45) is 0 Å². The quantitative estimate of drug-likeness (QED) is 0.894. The van der Waals surface area contributed by atoms with Crippen molar-refractivity contribution in [3.63, 3.8) is 0 Å². The van der Waals surface area contributed by atoms with Crippen molar-refractivity contribution in [2.75, 3.05) is 19.6 Å². The highest BCUT2D eigenvalue weighted by Crippen LogP contribution is 2.27. The fraction of sp³-hybridized carbons (Fsp3) is 0.438. The Labute approximate surface area is 143 Å². The van der Waals surface area contributed by atoms with E-state index < -0.39 is 10.0 Å². The van der Waals surface area contributed by atoms with Gasteiger partial charge in [-0.05, 0) is 43.7 Å². The SMILES string of the molecule is CCCN(C1CCNC1)S(=O)(=O)c1cccc2ncccc12.Cl. The van der Waals surface area contributed by atoms with Gasteiger partial charge >= 0.3 is 0 Å². The second-order valence-corrected chi connectivity index (χ2v) is 7.45. The summed E-state index contributed by atoms with van der Waals surface area (Å²) in [4.78, 5) is 4.62. The highest BCUT2D eigenvalue weighted by atomic mass is 35.5. The third kappa shape index (κ3) is 3.50. The molecule has 1 aromatic carbocycles. The number of benzene rings is 1. The Balaban J connectivity index is 0.00000192. The van der Waals surface area contributed by atoms with Gasteiger partial charge in [-0.1, -0.05) is 13.0 Å². The van der Waals surface area contributed by atoms with Crippen LogP contribution in [0.15, 0.2) is 41.4 Å². The average Bonchev–Trinajstić information content (AvgIpc) is 3.05. The van der Waals surface area contributed by atoms with Gasteiger partial charge in [0, 0.05) is 30.7 Å². The number of aromatic nitrogens is 1. The third-order valence-corrected chi connectivity index (χ3v) is 6.09. The van der Waals surface area contributed by atoms with Gasteiger partial charge in [0.2, 0.25) is 10.0 Å². The van der Waals surface area contributed by atoms with Crippen molar-refractivity contribution >= 4 is 33.3 Å². The number of pyridine rings is 1. The molecule has 0 bridgehead atoms. The maximum Gasteiger partial charge on any atom is 0.244 e. The van der Waals surface area contributed by atoms with Crippen molar-refractivity contribution < 1.29 is 8.42 Å². The number of hydrogen-bond donors (Lipinski definition) is 1. The van der Waals surface area contributed by atoms with E-state index in [9.17, 15) is 8.42 Å². The van der Waals surface area contributed by atoms with Crippen LogP contribution in [0.1, 0.15) is 19.8 Å². The maximum absolute atomic E-state index is 13.2. The van der Waals surface area contributed by atoms with Crippen LogP contribution in [0.3, 0.4) is 0 Å². The summed E-state index contributed by atoms with van der Waals surface area (Å²) in [6.07, 6.45) is 3.35. The molecule has 0 saturated carbocycles. The zero-order valence-electron chi connectivity index (χ0n) is 13.1. The topological polar surface area (TPSA) is 62.3 Å². The summed E-state index contributed by atoms with van der Waals surface area (Å²) >= 11 is 0. The van der Waals surface area contributed by atoms with E-state index in [4.69, 9.17) is 0 Å². The van der Waals surface area contributed by atoms with Gasteiger partial charge in [0.25, 0.3) is 0 Å². The van der Waals surface area contributed by atoms with Crippen LogP contribution in [0, 0.1) is 0 Å². The Morgan fingerprint density at radius 2 is 2.13 bits per heavy atom. The molecule has 23 heavy (non-hydrogen) atoms. The Kier molecular flexibility index (Phi) is 5.97. The first kappa shape index (κ1) is 18.1. The Hall–Kier alpha value is -1.21. The summed E-state index contributed by atoms with van der Waals surface area (Å²) in [5.74, 6) is 0. The van der Waals surface area contributed by atoms with E-state index in [2.05, 4.69) is 10.3 Å². The molecule has 126 valence electrons. The van der Waals surface area contributed by atoms with E-state index in [1.54, 1.807) is 28.7 Å². The molecule has 1 aliphatic rings. The summed E-state index contributed by atoms with van der Waals surface area (Å²) in [5.41, 5.74) is 0.713. The summed E-state index contributed by atoms with van der Waals surface area (Å²) in [6, 6.07) is 8.94. The van der Waals surface area contributed by atoms with Crippen LogP contribution in [0.2, 0.25) is 0 Å². The second kappa shape index (κ2) is 7.57. The van der Waals surface area contributed by atoms with Gasteiger partial charge in [-0.25, -0.2) is 8.42 Å². The van der Waals surface area contributed by atoms with Crippen molar-refractivity contribution in [3.8, 4) is 0 Å². The van der Waals surface area contributed by atoms with Crippen LogP contribution in [-0.2, 0) is 10.0 Å². The minimum absolute atomic E-state index is 0. The molecular formula is C16H22ClN3O2S. The zero-order chi connectivity index (χ0) is 15.6. The second-order valence-electron chi connectivity index (χ2n) is 5.59. The van der Waals surface area contributed by atoms with Gasteiger partial charge in [-0.2, -0.15) is 4.31 Å². The van der Waals surface area contributed by atoms with E-state index in [-0.39, 0.29) is 18.4 Å². The van der Waals surface area contributed by atoms with Gasteiger partial charge in [0.15, 0.2) is 0 Å². The first-order valence-electron chi connectivity index (χ1n) is 7.71. The lowest BCUT2D eigenvalue weighted by atomic mass is 10.2. The van der Waals surface area contributed by atoms with Crippen molar-refractivity contribution in [1.82, 2.24) is 14.6 Å². The molecule has 5 nitrogen and oxygen atoms in total. The van der Waals surface area contributed by atoms with Gasteiger partial charge in [0.1, 0.15) is 0 Å². The fourth-order valence-corrected chi connectivity index (χ4v) is 4.98. The van der Waals surface area contributed by atoms with E-state index in [1.165, 1.54) is 0 Å². The predicted octanol–water partition coefficient (Wildman–Crippen LogP) is 2.42. The molecule has 1 N–H and O–H groups in total. The molecule has 0 amide bonds. The largest absolute Gasteiger partial charge is 0.315 e. The van der Waals surface area contributed by atoms with E-state index in [0.717, 1.165) is 25.9 Å². The zero-order valence-corrected chi connectivity index (χ0v) is 14.7. The molecule has 3 rings (SSSR count). The minimum atomic E-state index is -3.52. The van der Waals surface area contributed by atoms with E-state index in [1.807, 2.05) is 19.1 Å². The van der Waals surface area contributed by atoms with Gasteiger partial charge in [-0.3, -0.25) is 4.98 Å². The predicted molar refractivity (Wildman–Crippen MR) is 94.4 cm³/mol. The lowest BCUT2D eigenvalue weighted by Gasteiger charge is -2.27. The number of rotatable bonds is 5. The lowest BCUT2D eigenvalue weighted by molar-refractivity contribution is 0.335. The molecule has 1 fully saturated rings. The molecule has 1 aliphatic heterocycles. The first-order valence-corrected chi connectivity index (χ1v) is 9.15.